The lowest BCUT2D eigenvalue weighted by Crippen LogP contribution is -2.44. The Labute approximate surface area is 205 Å². The molecule has 10 heteroatoms. The van der Waals surface area contributed by atoms with E-state index in [4.69, 9.17) is 22.3 Å². The number of rotatable bonds is 8. The number of carbonyl (C=O) groups is 2. The third-order valence-electron chi connectivity index (χ3n) is 6.56. The predicted molar refractivity (Wildman–Crippen MR) is 134 cm³/mol. The number of piperidine rings is 1. The highest BCUT2D eigenvalue weighted by Gasteiger charge is 2.29. The molecule has 2 fully saturated rings. The van der Waals surface area contributed by atoms with Gasteiger partial charge in [-0.15, -0.1) is 0 Å². The maximum absolute atomic E-state index is 13.4. The van der Waals surface area contributed by atoms with Crippen LogP contribution in [0.2, 0.25) is 5.02 Å². The van der Waals surface area contributed by atoms with Gasteiger partial charge in [0.15, 0.2) is 11.5 Å². The van der Waals surface area contributed by atoms with Gasteiger partial charge in [0.1, 0.15) is 0 Å². The second-order valence-corrected chi connectivity index (χ2v) is 9.52. The van der Waals surface area contributed by atoms with Gasteiger partial charge in [-0.2, -0.15) is 4.98 Å². The molecule has 9 nitrogen and oxygen atoms in total. The van der Waals surface area contributed by atoms with Gasteiger partial charge in [0.25, 0.3) is 5.91 Å². The van der Waals surface area contributed by atoms with E-state index in [9.17, 15) is 9.59 Å². The van der Waals surface area contributed by atoms with Gasteiger partial charge in [-0.3, -0.25) is 14.2 Å². The second-order valence-electron chi connectivity index (χ2n) is 9.12. The van der Waals surface area contributed by atoms with Crippen molar-refractivity contribution < 1.29 is 9.59 Å². The first kappa shape index (κ1) is 24.3. The molecular weight excluding hydrogens is 454 g/mol. The molecule has 0 spiro atoms. The number of imidazole rings is 1. The molecule has 0 radical (unpaired) electrons. The third-order valence-corrected chi connectivity index (χ3v) is 6.92. The van der Waals surface area contributed by atoms with Gasteiger partial charge >= 0.3 is 0 Å². The Morgan fingerprint density at radius 1 is 1.18 bits per heavy atom. The highest BCUT2D eigenvalue weighted by molar-refractivity contribution is 6.31. The largest absolute Gasteiger partial charge is 0.371 e. The third kappa shape index (κ3) is 5.64. The van der Waals surface area contributed by atoms with Crippen LogP contribution in [0.1, 0.15) is 54.6 Å². The molecule has 184 valence electrons. The number of nitrogens with zero attached hydrogens (tertiary/aromatic N) is 3. The normalized spacial score (nSPS) is 18.7. The highest BCUT2D eigenvalue weighted by Crippen LogP contribution is 2.28. The maximum atomic E-state index is 13.4. The molecule has 0 unspecified atom stereocenters. The van der Waals surface area contributed by atoms with E-state index in [0.29, 0.717) is 35.6 Å². The van der Waals surface area contributed by atoms with E-state index in [1.807, 2.05) is 28.8 Å². The Morgan fingerprint density at radius 3 is 2.65 bits per heavy atom. The molecule has 1 saturated heterocycles. The fourth-order valence-electron chi connectivity index (χ4n) is 4.82. The van der Waals surface area contributed by atoms with Crippen LogP contribution in [-0.4, -0.2) is 60.1 Å². The lowest BCUT2D eigenvalue weighted by molar-refractivity contribution is -0.120. The topological polar surface area (TPSA) is 117 Å². The van der Waals surface area contributed by atoms with Crippen molar-refractivity contribution in [3.05, 3.63) is 40.5 Å². The zero-order valence-corrected chi connectivity index (χ0v) is 20.4. The van der Waals surface area contributed by atoms with Crippen molar-refractivity contribution in [1.82, 2.24) is 20.2 Å². The van der Waals surface area contributed by atoms with Crippen LogP contribution in [0.3, 0.4) is 0 Å². The van der Waals surface area contributed by atoms with Gasteiger partial charge in [-0.1, -0.05) is 42.6 Å². The molecule has 1 aliphatic carbocycles. The van der Waals surface area contributed by atoms with Crippen molar-refractivity contribution in [1.29, 1.82) is 0 Å². The monoisotopic (exact) mass is 487 g/mol. The number of anilines is 2. The molecule has 4 rings (SSSR count). The first-order chi connectivity index (χ1) is 16.5. The maximum Gasteiger partial charge on any atom is 0.272 e. The van der Waals surface area contributed by atoms with Gasteiger partial charge in [0.05, 0.1) is 13.1 Å². The molecule has 1 atom stereocenters. The van der Waals surface area contributed by atoms with Crippen LogP contribution in [0.5, 0.6) is 0 Å². The summed E-state index contributed by atoms with van der Waals surface area (Å²) < 4.78 is 1.87. The van der Waals surface area contributed by atoms with Gasteiger partial charge in [-0.05, 0) is 37.3 Å². The standard InChI is InChI=1S/C24H34ClN7O2/c1-27-22-21(23(34)28-13-20(33)29-18-9-3-4-10-18)32(14-16-7-2-5-11-19(16)25)24(30-22)31-12-6-8-17(26)15-31/h2,5,7,11,17-18,27H,3-4,6,8-10,12-15,26H2,1H3,(H,28,34)(H,29,33)/t17-/m1/s1. The summed E-state index contributed by atoms with van der Waals surface area (Å²) in [5, 5.41) is 9.46. The summed E-state index contributed by atoms with van der Waals surface area (Å²) in [6, 6.07) is 7.81. The van der Waals surface area contributed by atoms with Crippen molar-refractivity contribution >= 4 is 35.2 Å². The second kappa shape index (κ2) is 11.1. The van der Waals surface area contributed by atoms with E-state index in [-0.39, 0.29) is 30.4 Å². The summed E-state index contributed by atoms with van der Waals surface area (Å²) in [5.41, 5.74) is 7.48. The Bertz CT molecular complexity index is 1020. The molecule has 2 amide bonds. The lowest BCUT2D eigenvalue weighted by atomic mass is 10.1. The fraction of sp³-hybridized carbons (Fsp3) is 0.542. The number of hydrogen-bond donors (Lipinski definition) is 4. The van der Waals surface area contributed by atoms with Crippen molar-refractivity contribution in [3.8, 4) is 0 Å². The van der Waals surface area contributed by atoms with Crippen LogP contribution < -0.4 is 26.6 Å². The average molecular weight is 488 g/mol. The van der Waals surface area contributed by atoms with Crippen LogP contribution in [0.4, 0.5) is 11.8 Å². The molecule has 2 aliphatic rings. The SMILES string of the molecule is CNc1nc(N2CCC[C@@H](N)C2)n(Cc2ccccc2Cl)c1C(=O)NCC(=O)NC1CCCC1. The van der Waals surface area contributed by atoms with Crippen molar-refractivity contribution in [2.45, 2.75) is 57.2 Å². The van der Waals surface area contributed by atoms with Gasteiger partial charge in [-0.25, -0.2) is 0 Å². The molecule has 34 heavy (non-hydrogen) atoms. The van der Waals surface area contributed by atoms with Gasteiger partial charge < -0.3 is 26.6 Å². The molecule has 1 aliphatic heterocycles. The summed E-state index contributed by atoms with van der Waals surface area (Å²) in [6.07, 6.45) is 6.17. The smallest absolute Gasteiger partial charge is 0.272 e. The summed E-state index contributed by atoms with van der Waals surface area (Å²) >= 11 is 6.46. The predicted octanol–water partition coefficient (Wildman–Crippen LogP) is 2.34. The molecule has 1 aromatic carbocycles. The van der Waals surface area contributed by atoms with Crippen LogP contribution in [-0.2, 0) is 11.3 Å². The minimum Gasteiger partial charge on any atom is -0.371 e. The van der Waals surface area contributed by atoms with Gasteiger partial charge in [0, 0.05) is 37.2 Å². The summed E-state index contributed by atoms with van der Waals surface area (Å²) in [6.45, 7) is 1.75. The van der Waals surface area contributed by atoms with Crippen LogP contribution in [0.15, 0.2) is 24.3 Å². The zero-order chi connectivity index (χ0) is 24.1. The zero-order valence-electron chi connectivity index (χ0n) is 19.6. The Balaban J connectivity index is 1.60. The molecule has 2 heterocycles. The number of halogens is 1. The summed E-state index contributed by atoms with van der Waals surface area (Å²) in [7, 11) is 1.73. The minimum atomic E-state index is -0.363. The van der Waals surface area contributed by atoms with Crippen LogP contribution in [0.25, 0.3) is 0 Å². The number of aromatic nitrogens is 2. The first-order valence-corrected chi connectivity index (χ1v) is 12.4. The lowest BCUT2D eigenvalue weighted by Gasteiger charge is -2.32. The van der Waals surface area contributed by atoms with Crippen LogP contribution >= 0.6 is 11.6 Å². The number of amides is 2. The number of carbonyl (C=O) groups excluding carboxylic acids is 2. The molecular formula is C24H34ClN7O2. The number of hydrogen-bond acceptors (Lipinski definition) is 6. The van der Waals surface area contributed by atoms with Crippen molar-refractivity contribution in [2.75, 3.05) is 36.9 Å². The van der Waals surface area contributed by atoms with Crippen molar-refractivity contribution in [3.63, 3.8) is 0 Å². The van der Waals surface area contributed by atoms with E-state index in [2.05, 4.69) is 20.9 Å². The van der Waals surface area contributed by atoms with Gasteiger partial charge in [0.2, 0.25) is 11.9 Å². The van der Waals surface area contributed by atoms with E-state index < -0.39 is 0 Å². The minimum absolute atomic E-state index is 0.0498. The van der Waals surface area contributed by atoms with Crippen molar-refractivity contribution in [2.24, 2.45) is 5.73 Å². The number of nitrogens with one attached hydrogen (secondary N) is 3. The Morgan fingerprint density at radius 2 is 1.94 bits per heavy atom. The molecule has 2 aromatic rings. The fourth-order valence-corrected chi connectivity index (χ4v) is 5.01. The quantitative estimate of drug-likeness (QED) is 0.454. The summed E-state index contributed by atoms with van der Waals surface area (Å²) in [5.74, 6) is 0.582. The molecule has 1 aromatic heterocycles. The molecule has 1 saturated carbocycles. The highest BCUT2D eigenvalue weighted by atomic mass is 35.5. The number of benzene rings is 1. The number of nitrogens with two attached hydrogens (primary N) is 1. The Hall–Kier alpha value is -2.78. The van der Waals surface area contributed by atoms with E-state index in [0.717, 1.165) is 50.6 Å². The first-order valence-electron chi connectivity index (χ1n) is 12.1. The average Bonchev–Trinajstić information content (AvgIpc) is 3.46. The van der Waals surface area contributed by atoms with E-state index in [1.165, 1.54) is 0 Å². The van der Waals surface area contributed by atoms with E-state index >= 15 is 0 Å². The molecule has 0 bridgehead atoms. The van der Waals surface area contributed by atoms with Crippen LogP contribution in [0, 0.1) is 0 Å². The van der Waals surface area contributed by atoms with E-state index in [1.54, 1.807) is 7.05 Å². The Kier molecular flexibility index (Phi) is 7.95. The summed E-state index contributed by atoms with van der Waals surface area (Å²) in [4.78, 5) is 32.6. The molecule has 5 N–H and O–H groups in total.